The molecule has 1 saturated carbocycles. The average molecular weight is 330 g/mol. The van der Waals surface area contributed by atoms with Crippen LogP contribution >= 0.6 is 11.3 Å². The lowest BCUT2D eigenvalue weighted by atomic mass is 10.1. The molecule has 21 heavy (non-hydrogen) atoms. The Bertz CT molecular complexity index is 561. The molecule has 1 atom stereocenters. The fraction of sp³-hybridized carbons (Fsp3) is 0.714. The number of hydrogen-bond donors (Lipinski definition) is 2. The summed E-state index contributed by atoms with van der Waals surface area (Å²) in [7, 11) is -3.35. The monoisotopic (exact) mass is 330 g/mol. The highest BCUT2D eigenvalue weighted by Gasteiger charge is 2.22. The quantitative estimate of drug-likeness (QED) is 0.761. The van der Waals surface area contributed by atoms with Crippen LogP contribution in [0.4, 0.5) is 0 Å². The van der Waals surface area contributed by atoms with Crippen LogP contribution in [0.5, 0.6) is 0 Å². The Balaban J connectivity index is 1.48. The Morgan fingerprint density at radius 2 is 2.19 bits per heavy atom. The van der Waals surface area contributed by atoms with E-state index in [0.717, 1.165) is 38.2 Å². The predicted molar refractivity (Wildman–Crippen MR) is 82.9 cm³/mol. The van der Waals surface area contributed by atoms with E-state index in [4.69, 9.17) is 4.74 Å². The highest BCUT2D eigenvalue weighted by Crippen LogP contribution is 2.23. The smallest absolute Gasteiger partial charge is 0.250 e. The summed E-state index contributed by atoms with van der Waals surface area (Å²) in [4.78, 5) is 0. The van der Waals surface area contributed by atoms with Crippen LogP contribution in [0.2, 0.25) is 0 Å². The molecular weight excluding hydrogens is 308 g/mol. The van der Waals surface area contributed by atoms with Crippen molar-refractivity contribution in [2.45, 2.75) is 42.5 Å². The highest BCUT2D eigenvalue weighted by molar-refractivity contribution is 7.91. The minimum absolute atomic E-state index is 0.415. The van der Waals surface area contributed by atoms with Crippen molar-refractivity contribution < 1.29 is 13.2 Å². The molecule has 3 rings (SSSR count). The Labute approximate surface area is 130 Å². The molecule has 1 aliphatic heterocycles. The molecule has 0 amide bonds. The first-order chi connectivity index (χ1) is 10.1. The summed E-state index contributed by atoms with van der Waals surface area (Å²) in [6.07, 6.45) is 4.36. The molecule has 2 heterocycles. The Morgan fingerprint density at radius 1 is 1.33 bits per heavy atom. The lowest BCUT2D eigenvalue weighted by Gasteiger charge is -2.08. The van der Waals surface area contributed by atoms with Gasteiger partial charge in [-0.1, -0.05) is 0 Å². The van der Waals surface area contributed by atoms with Gasteiger partial charge in [-0.3, -0.25) is 0 Å². The summed E-state index contributed by atoms with van der Waals surface area (Å²) in [6.45, 7) is 2.82. The van der Waals surface area contributed by atoms with Gasteiger partial charge in [0.1, 0.15) is 4.21 Å². The fourth-order valence-corrected chi connectivity index (χ4v) is 4.72. The van der Waals surface area contributed by atoms with E-state index in [1.165, 1.54) is 24.2 Å². The molecule has 1 saturated heterocycles. The average Bonchev–Trinajstić information content (AvgIpc) is 2.93. The van der Waals surface area contributed by atoms with Crippen LogP contribution in [0.15, 0.2) is 15.7 Å². The Kier molecular flexibility index (Phi) is 4.96. The number of sulfonamides is 1. The van der Waals surface area contributed by atoms with Gasteiger partial charge in [0.15, 0.2) is 0 Å². The van der Waals surface area contributed by atoms with Crippen molar-refractivity contribution in [3.05, 3.63) is 17.0 Å². The van der Waals surface area contributed by atoms with Gasteiger partial charge >= 0.3 is 0 Å². The Morgan fingerprint density at radius 3 is 2.90 bits per heavy atom. The van der Waals surface area contributed by atoms with Gasteiger partial charge < -0.3 is 10.1 Å². The second-order valence-corrected chi connectivity index (χ2v) is 8.75. The first kappa shape index (κ1) is 15.4. The fourth-order valence-electron chi connectivity index (χ4n) is 2.42. The van der Waals surface area contributed by atoms with Crippen LogP contribution in [0.3, 0.4) is 0 Å². The van der Waals surface area contributed by atoms with Crippen LogP contribution in [0, 0.1) is 5.92 Å². The molecule has 1 unspecified atom stereocenters. The van der Waals surface area contributed by atoms with E-state index >= 15 is 0 Å². The number of thiophene rings is 1. The largest absolute Gasteiger partial charge is 0.381 e. The third kappa shape index (κ3) is 4.50. The second kappa shape index (κ2) is 6.75. The molecular formula is C14H22N2O3S2. The molecule has 1 aliphatic carbocycles. The molecule has 2 N–H and O–H groups in total. The van der Waals surface area contributed by atoms with Gasteiger partial charge in [0, 0.05) is 32.3 Å². The van der Waals surface area contributed by atoms with E-state index in [-0.39, 0.29) is 0 Å². The van der Waals surface area contributed by atoms with Gasteiger partial charge in [0.2, 0.25) is 10.0 Å². The van der Waals surface area contributed by atoms with Gasteiger partial charge in [0.25, 0.3) is 0 Å². The summed E-state index contributed by atoms with van der Waals surface area (Å²) < 4.78 is 32.8. The van der Waals surface area contributed by atoms with Gasteiger partial charge in [-0.2, -0.15) is 0 Å². The lowest BCUT2D eigenvalue weighted by Crippen LogP contribution is -2.25. The van der Waals surface area contributed by atoms with Crippen molar-refractivity contribution in [3.8, 4) is 0 Å². The molecule has 0 aromatic carbocycles. The van der Waals surface area contributed by atoms with Crippen LogP contribution in [0.1, 0.15) is 31.2 Å². The molecule has 0 spiro atoms. The van der Waals surface area contributed by atoms with Crippen LogP contribution in [0.25, 0.3) is 0 Å². The van der Waals surface area contributed by atoms with Crippen molar-refractivity contribution in [2.24, 2.45) is 5.92 Å². The maximum absolute atomic E-state index is 12.2. The van der Waals surface area contributed by atoms with Gasteiger partial charge in [-0.15, -0.1) is 11.3 Å². The summed E-state index contributed by atoms with van der Waals surface area (Å²) in [5.41, 5.74) is 1.05. The highest BCUT2D eigenvalue weighted by atomic mass is 32.2. The molecule has 7 heteroatoms. The zero-order valence-corrected chi connectivity index (χ0v) is 13.6. The number of nitrogens with one attached hydrogen (secondary N) is 2. The first-order valence-electron chi connectivity index (χ1n) is 7.52. The predicted octanol–water partition coefficient (Wildman–Crippen LogP) is 1.70. The van der Waals surface area contributed by atoms with Crippen molar-refractivity contribution in [1.29, 1.82) is 0 Å². The van der Waals surface area contributed by atoms with E-state index in [0.29, 0.717) is 22.7 Å². The van der Waals surface area contributed by atoms with Crippen molar-refractivity contribution in [1.82, 2.24) is 10.0 Å². The van der Waals surface area contributed by atoms with Gasteiger partial charge in [-0.05, 0) is 48.6 Å². The zero-order chi connectivity index (χ0) is 14.7. The molecule has 1 aromatic rings. The van der Waals surface area contributed by atoms with Gasteiger partial charge in [-0.25, -0.2) is 13.1 Å². The Hall–Kier alpha value is -0.470. The van der Waals surface area contributed by atoms with E-state index in [2.05, 4.69) is 10.0 Å². The molecule has 0 bridgehead atoms. The molecule has 0 radical (unpaired) electrons. The minimum atomic E-state index is -3.35. The lowest BCUT2D eigenvalue weighted by molar-refractivity contribution is 0.184. The molecule has 118 valence electrons. The van der Waals surface area contributed by atoms with E-state index in [1.54, 1.807) is 6.07 Å². The third-order valence-electron chi connectivity index (χ3n) is 3.94. The molecule has 2 aliphatic rings. The van der Waals surface area contributed by atoms with E-state index in [9.17, 15) is 8.42 Å². The minimum Gasteiger partial charge on any atom is -0.381 e. The second-order valence-electron chi connectivity index (χ2n) is 5.85. The first-order valence-corrected chi connectivity index (χ1v) is 9.88. The summed E-state index contributed by atoms with van der Waals surface area (Å²) in [5, 5.41) is 5.32. The van der Waals surface area contributed by atoms with Crippen LogP contribution in [-0.4, -0.2) is 34.2 Å². The van der Waals surface area contributed by atoms with E-state index in [1.807, 2.05) is 5.38 Å². The van der Waals surface area contributed by atoms with Crippen molar-refractivity contribution in [2.75, 3.05) is 19.8 Å². The van der Waals surface area contributed by atoms with Gasteiger partial charge in [0.05, 0.1) is 0 Å². The SMILES string of the molecule is O=S(=O)(NCCC1CCOC1)c1cc(CNC2CC2)cs1. The van der Waals surface area contributed by atoms with Crippen molar-refractivity contribution in [3.63, 3.8) is 0 Å². The summed E-state index contributed by atoms with van der Waals surface area (Å²) in [5.74, 6) is 0.495. The summed E-state index contributed by atoms with van der Waals surface area (Å²) in [6, 6.07) is 2.41. The molecule has 1 aromatic heterocycles. The third-order valence-corrected chi connectivity index (χ3v) is 6.88. The molecule has 2 fully saturated rings. The topological polar surface area (TPSA) is 67.4 Å². The van der Waals surface area contributed by atoms with Crippen LogP contribution < -0.4 is 10.0 Å². The number of hydrogen-bond acceptors (Lipinski definition) is 5. The maximum Gasteiger partial charge on any atom is 0.250 e. The normalized spacial score (nSPS) is 22.8. The van der Waals surface area contributed by atoms with E-state index < -0.39 is 10.0 Å². The summed E-state index contributed by atoms with van der Waals surface area (Å²) >= 11 is 1.30. The van der Waals surface area contributed by atoms with Crippen LogP contribution in [-0.2, 0) is 21.3 Å². The standard InChI is InChI=1S/C14H22N2O3S2/c17-21(18,16-5-3-11-4-6-19-9-11)14-7-12(10-20-14)8-15-13-1-2-13/h7,10-11,13,15-16H,1-6,8-9H2. The molecule has 5 nitrogen and oxygen atoms in total. The maximum atomic E-state index is 12.2. The van der Waals surface area contributed by atoms with Crippen molar-refractivity contribution >= 4 is 21.4 Å². The number of rotatable bonds is 8. The number of ether oxygens (including phenoxy) is 1. The zero-order valence-electron chi connectivity index (χ0n) is 12.0.